The lowest BCUT2D eigenvalue weighted by molar-refractivity contribution is -0.138. The van der Waals surface area contributed by atoms with Crippen LogP contribution in [-0.4, -0.2) is 37.1 Å². The molecule has 106 valence electrons. The van der Waals surface area contributed by atoms with Crippen molar-refractivity contribution < 1.29 is 9.53 Å². The Morgan fingerprint density at radius 3 is 2.75 bits per heavy atom. The number of nitriles is 1. The van der Waals surface area contributed by atoms with E-state index >= 15 is 0 Å². The second kappa shape index (κ2) is 6.51. The van der Waals surface area contributed by atoms with Crippen molar-refractivity contribution in [3.63, 3.8) is 0 Å². The zero-order valence-corrected chi connectivity index (χ0v) is 11.6. The number of carbonyl (C=O) groups is 1. The lowest BCUT2D eigenvalue weighted by Gasteiger charge is -2.40. The van der Waals surface area contributed by atoms with E-state index in [0.717, 1.165) is 5.56 Å². The van der Waals surface area contributed by atoms with Crippen LogP contribution in [0.3, 0.4) is 0 Å². The summed E-state index contributed by atoms with van der Waals surface area (Å²) in [5.41, 5.74) is 7.78. The van der Waals surface area contributed by atoms with Crippen LogP contribution in [0.4, 0.5) is 0 Å². The first-order chi connectivity index (χ1) is 9.67. The van der Waals surface area contributed by atoms with Gasteiger partial charge in [0.05, 0.1) is 24.3 Å². The van der Waals surface area contributed by atoms with E-state index in [1.54, 1.807) is 24.1 Å². The largest absolute Gasteiger partial charge is 0.383 e. The minimum Gasteiger partial charge on any atom is -0.383 e. The Kier molecular flexibility index (Phi) is 4.72. The summed E-state index contributed by atoms with van der Waals surface area (Å²) in [6.45, 7) is 1.03. The van der Waals surface area contributed by atoms with Gasteiger partial charge in [-0.2, -0.15) is 5.26 Å². The smallest absolute Gasteiger partial charge is 0.223 e. The quantitative estimate of drug-likeness (QED) is 0.893. The SMILES string of the molecule is COCCN1C(=O)CCC(N)C1c1ccc(C#N)cc1. The van der Waals surface area contributed by atoms with Gasteiger partial charge in [-0.05, 0) is 24.1 Å². The highest BCUT2D eigenvalue weighted by Gasteiger charge is 2.34. The molecule has 5 nitrogen and oxygen atoms in total. The summed E-state index contributed by atoms with van der Waals surface area (Å²) in [5.74, 6) is 0.109. The monoisotopic (exact) mass is 273 g/mol. The molecule has 2 unspecified atom stereocenters. The van der Waals surface area contributed by atoms with Crippen LogP contribution in [0.5, 0.6) is 0 Å². The standard InChI is InChI=1S/C15H19N3O2/c1-20-9-8-18-14(19)7-6-13(17)15(18)12-4-2-11(10-16)3-5-12/h2-5,13,15H,6-9,17H2,1H3. The number of methoxy groups -OCH3 is 1. The molecule has 1 aliphatic heterocycles. The van der Waals surface area contributed by atoms with E-state index in [-0.39, 0.29) is 18.0 Å². The van der Waals surface area contributed by atoms with E-state index in [1.807, 2.05) is 12.1 Å². The van der Waals surface area contributed by atoms with Gasteiger partial charge >= 0.3 is 0 Å². The summed E-state index contributed by atoms with van der Waals surface area (Å²) in [4.78, 5) is 13.9. The number of nitrogens with zero attached hydrogens (tertiary/aromatic N) is 2. The van der Waals surface area contributed by atoms with Gasteiger partial charge in [-0.3, -0.25) is 4.79 Å². The van der Waals surface area contributed by atoms with Crippen LogP contribution in [0.15, 0.2) is 24.3 Å². The van der Waals surface area contributed by atoms with Crippen molar-refractivity contribution in [2.75, 3.05) is 20.3 Å². The Morgan fingerprint density at radius 2 is 2.15 bits per heavy atom. The molecule has 1 amide bonds. The molecule has 2 N–H and O–H groups in total. The molecule has 0 aromatic heterocycles. The van der Waals surface area contributed by atoms with Crippen LogP contribution in [0.2, 0.25) is 0 Å². The van der Waals surface area contributed by atoms with Gasteiger partial charge in [0.15, 0.2) is 0 Å². The Labute approximate surface area is 118 Å². The van der Waals surface area contributed by atoms with Gasteiger partial charge in [0, 0.05) is 26.1 Å². The first-order valence-corrected chi connectivity index (χ1v) is 6.71. The highest BCUT2D eigenvalue weighted by molar-refractivity contribution is 5.78. The molecule has 1 fully saturated rings. The number of nitrogens with two attached hydrogens (primary N) is 1. The number of hydrogen-bond acceptors (Lipinski definition) is 4. The predicted molar refractivity (Wildman–Crippen MR) is 74.7 cm³/mol. The third-order valence-electron chi connectivity index (χ3n) is 3.67. The number of benzene rings is 1. The lowest BCUT2D eigenvalue weighted by atomic mass is 9.90. The molecule has 1 aromatic carbocycles. The molecule has 5 heteroatoms. The van der Waals surface area contributed by atoms with E-state index in [2.05, 4.69) is 6.07 Å². The van der Waals surface area contributed by atoms with Gasteiger partial charge in [0.1, 0.15) is 0 Å². The Morgan fingerprint density at radius 1 is 1.45 bits per heavy atom. The number of likely N-dealkylation sites (tertiary alicyclic amines) is 1. The summed E-state index contributed by atoms with van der Waals surface area (Å²) >= 11 is 0. The molecule has 1 saturated heterocycles. The van der Waals surface area contributed by atoms with Gasteiger partial charge in [0.25, 0.3) is 0 Å². The van der Waals surface area contributed by atoms with Crippen LogP contribution in [0.25, 0.3) is 0 Å². The summed E-state index contributed by atoms with van der Waals surface area (Å²) in [6.07, 6.45) is 1.17. The Hall–Kier alpha value is -1.90. The molecule has 1 heterocycles. The maximum Gasteiger partial charge on any atom is 0.223 e. The lowest BCUT2D eigenvalue weighted by Crippen LogP contribution is -2.49. The zero-order valence-electron chi connectivity index (χ0n) is 11.6. The number of ether oxygens (including phenoxy) is 1. The first kappa shape index (κ1) is 14.5. The van der Waals surface area contributed by atoms with Crippen molar-refractivity contribution in [1.82, 2.24) is 4.90 Å². The first-order valence-electron chi connectivity index (χ1n) is 6.71. The second-order valence-electron chi connectivity index (χ2n) is 4.96. The third kappa shape index (κ3) is 2.98. The predicted octanol–water partition coefficient (Wildman–Crippen LogP) is 1.20. The summed E-state index contributed by atoms with van der Waals surface area (Å²) in [7, 11) is 1.62. The molecule has 2 atom stereocenters. The molecular formula is C15H19N3O2. The Bertz CT molecular complexity index is 507. The van der Waals surface area contributed by atoms with E-state index in [1.165, 1.54) is 0 Å². The van der Waals surface area contributed by atoms with Crippen LogP contribution >= 0.6 is 0 Å². The maximum atomic E-state index is 12.1. The number of rotatable bonds is 4. The van der Waals surface area contributed by atoms with Crippen molar-refractivity contribution >= 4 is 5.91 Å². The van der Waals surface area contributed by atoms with Crippen LogP contribution in [-0.2, 0) is 9.53 Å². The molecule has 0 spiro atoms. The summed E-state index contributed by atoms with van der Waals surface area (Å²) < 4.78 is 5.07. The van der Waals surface area contributed by atoms with E-state index in [4.69, 9.17) is 15.7 Å². The topological polar surface area (TPSA) is 79.3 Å². The van der Waals surface area contributed by atoms with E-state index in [9.17, 15) is 4.79 Å². The fourth-order valence-electron chi connectivity index (χ4n) is 2.61. The maximum absolute atomic E-state index is 12.1. The second-order valence-corrected chi connectivity index (χ2v) is 4.96. The van der Waals surface area contributed by atoms with Crippen molar-refractivity contribution in [2.24, 2.45) is 5.73 Å². The minimum atomic E-state index is -0.140. The van der Waals surface area contributed by atoms with E-state index < -0.39 is 0 Å². The van der Waals surface area contributed by atoms with E-state index in [0.29, 0.717) is 31.6 Å². The third-order valence-corrected chi connectivity index (χ3v) is 3.67. The van der Waals surface area contributed by atoms with Gasteiger partial charge in [-0.25, -0.2) is 0 Å². The fraction of sp³-hybridized carbons (Fsp3) is 0.467. The van der Waals surface area contributed by atoms with Gasteiger partial charge < -0.3 is 15.4 Å². The van der Waals surface area contributed by atoms with Crippen molar-refractivity contribution in [3.8, 4) is 6.07 Å². The zero-order chi connectivity index (χ0) is 14.5. The molecule has 1 aliphatic rings. The molecule has 20 heavy (non-hydrogen) atoms. The normalized spacial score (nSPS) is 22.6. The van der Waals surface area contributed by atoms with Crippen LogP contribution in [0.1, 0.15) is 30.0 Å². The number of piperidine rings is 1. The highest BCUT2D eigenvalue weighted by Crippen LogP contribution is 2.30. The summed E-state index contributed by atoms with van der Waals surface area (Å²) in [6, 6.07) is 9.14. The highest BCUT2D eigenvalue weighted by atomic mass is 16.5. The molecule has 0 aliphatic carbocycles. The van der Waals surface area contributed by atoms with Gasteiger partial charge in [0.2, 0.25) is 5.91 Å². The fourth-order valence-corrected chi connectivity index (χ4v) is 2.61. The average Bonchev–Trinajstić information content (AvgIpc) is 2.48. The van der Waals surface area contributed by atoms with Crippen molar-refractivity contribution in [3.05, 3.63) is 35.4 Å². The molecule has 0 saturated carbocycles. The van der Waals surface area contributed by atoms with Gasteiger partial charge in [-0.15, -0.1) is 0 Å². The number of amides is 1. The van der Waals surface area contributed by atoms with Gasteiger partial charge in [-0.1, -0.05) is 12.1 Å². The summed E-state index contributed by atoms with van der Waals surface area (Å²) in [5, 5.41) is 8.85. The van der Waals surface area contributed by atoms with Crippen molar-refractivity contribution in [2.45, 2.75) is 24.9 Å². The molecule has 0 bridgehead atoms. The number of carbonyl (C=O) groups excluding carboxylic acids is 1. The average molecular weight is 273 g/mol. The van der Waals surface area contributed by atoms with Crippen molar-refractivity contribution in [1.29, 1.82) is 5.26 Å². The molecule has 2 rings (SSSR count). The molecule has 0 radical (unpaired) electrons. The Balaban J connectivity index is 2.26. The number of hydrogen-bond donors (Lipinski definition) is 1. The minimum absolute atomic E-state index is 0.0857. The van der Waals surface area contributed by atoms with Crippen LogP contribution in [0, 0.1) is 11.3 Å². The molecular weight excluding hydrogens is 254 g/mol. The van der Waals surface area contributed by atoms with Crippen LogP contribution < -0.4 is 5.73 Å². The molecule has 1 aromatic rings.